The number of carbonyl (C=O) groups excluding carboxylic acids is 1. The number of carbonyl (C=O) groups is 1. The van der Waals surface area contributed by atoms with Crippen molar-refractivity contribution < 1.29 is 18.0 Å². The molecule has 6 heteroatoms. The second-order valence-electron chi connectivity index (χ2n) is 6.59. The van der Waals surface area contributed by atoms with Gasteiger partial charge in [0.15, 0.2) is 0 Å². The van der Waals surface area contributed by atoms with Crippen molar-refractivity contribution in [3.63, 3.8) is 0 Å². The Balaban J connectivity index is 1.73. The lowest BCUT2D eigenvalue weighted by atomic mass is 9.71. The summed E-state index contributed by atoms with van der Waals surface area (Å²) in [5, 5.41) is 3.33. The van der Waals surface area contributed by atoms with Crippen molar-refractivity contribution in [3.8, 4) is 0 Å². The molecule has 2 aliphatic heterocycles. The Labute approximate surface area is 133 Å². The van der Waals surface area contributed by atoms with Crippen LogP contribution in [0.15, 0.2) is 24.3 Å². The zero-order valence-corrected chi connectivity index (χ0v) is 13.0. The molecule has 1 aromatic carbocycles. The van der Waals surface area contributed by atoms with Crippen molar-refractivity contribution in [1.82, 2.24) is 10.2 Å². The SMILES string of the molecule is O=C(c1ccccc1C(F)(F)F)N1CCC2(CCNCC2)CC1. The fraction of sp³-hybridized carbons (Fsp3) is 0.588. The Morgan fingerprint density at radius 2 is 1.65 bits per heavy atom. The zero-order chi connectivity index (χ0) is 16.5. The molecule has 2 aliphatic rings. The molecule has 0 atom stereocenters. The van der Waals surface area contributed by atoms with E-state index in [9.17, 15) is 18.0 Å². The number of likely N-dealkylation sites (tertiary alicyclic amines) is 1. The minimum Gasteiger partial charge on any atom is -0.339 e. The van der Waals surface area contributed by atoms with Gasteiger partial charge in [-0.3, -0.25) is 4.79 Å². The highest BCUT2D eigenvalue weighted by atomic mass is 19.4. The first-order valence-corrected chi connectivity index (χ1v) is 8.08. The fourth-order valence-corrected chi connectivity index (χ4v) is 3.73. The van der Waals surface area contributed by atoms with Crippen LogP contribution in [0.4, 0.5) is 13.2 Å². The van der Waals surface area contributed by atoms with Gasteiger partial charge in [-0.25, -0.2) is 0 Å². The minimum absolute atomic E-state index is 0.235. The van der Waals surface area contributed by atoms with Gasteiger partial charge in [0, 0.05) is 13.1 Å². The van der Waals surface area contributed by atoms with Gasteiger partial charge in [0.1, 0.15) is 0 Å². The molecule has 0 aromatic heterocycles. The minimum atomic E-state index is -4.50. The lowest BCUT2D eigenvalue weighted by molar-refractivity contribution is -0.138. The van der Waals surface area contributed by atoms with E-state index in [-0.39, 0.29) is 11.0 Å². The van der Waals surface area contributed by atoms with Gasteiger partial charge < -0.3 is 10.2 Å². The van der Waals surface area contributed by atoms with E-state index in [1.54, 1.807) is 4.90 Å². The molecular formula is C17H21F3N2O. The van der Waals surface area contributed by atoms with Gasteiger partial charge in [-0.2, -0.15) is 13.2 Å². The predicted octanol–water partition coefficient (Wildman–Crippen LogP) is 3.31. The molecule has 3 nitrogen and oxygen atoms in total. The average molecular weight is 326 g/mol. The molecule has 1 N–H and O–H groups in total. The highest BCUT2D eigenvalue weighted by Gasteiger charge is 2.39. The first-order chi connectivity index (χ1) is 10.9. The molecule has 1 spiro atoms. The molecule has 0 unspecified atom stereocenters. The first kappa shape index (κ1) is 16.3. The number of benzene rings is 1. The van der Waals surface area contributed by atoms with E-state index in [4.69, 9.17) is 0 Å². The van der Waals surface area contributed by atoms with Crippen LogP contribution in [-0.2, 0) is 6.18 Å². The number of hydrogen-bond acceptors (Lipinski definition) is 2. The Morgan fingerprint density at radius 1 is 1.04 bits per heavy atom. The van der Waals surface area contributed by atoms with Crippen molar-refractivity contribution in [3.05, 3.63) is 35.4 Å². The van der Waals surface area contributed by atoms with Gasteiger partial charge >= 0.3 is 6.18 Å². The maximum Gasteiger partial charge on any atom is 0.417 e. The summed E-state index contributed by atoms with van der Waals surface area (Å²) in [6.45, 7) is 3.08. The van der Waals surface area contributed by atoms with Crippen molar-refractivity contribution in [2.75, 3.05) is 26.2 Å². The summed E-state index contributed by atoms with van der Waals surface area (Å²) in [6, 6.07) is 5.06. The normalized spacial score (nSPS) is 21.4. The number of nitrogens with zero attached hydrogens (tertiary/aromatic N) is 1. The first-order valence-electron chi connectivity index (χ1n) is 8.08. The molecule has 0 radical (unpaired) electrons. The van der Waals surface area contributed by atoms with Crippen LogP contribution in [0.2, 0.25) is 0 Å². The van der Waals surface area contributed by atoms with Crippen molar-refractivity contribution in [1.29, 1.82) is 0 Å². The van der Waals surface area contributed by atoms with Crippen LogP contribution >= 0.6 is 0 Å². The summed E-state index contributed by atoms with van der Waals surface area (Å²) in [7, 11) is 0. The molecule has 0 bridgehead atoms. The van der Waals surface area contributed by atoms with Gasteiger partial charge in [-0.1, -0.05) is 12.1 Å². The molecule has 23 heavy (non-hydrogen) atoms. The smallest absolute Gasteiger partial charge is 0.339 e. The number of halogens is 3. The Kier molecular flexibility index (Phi) is 4.36. The molecular weight excluding hydrogens is 305 g/mol. The van der Waals surface area contributed by atoms with Crippen LogP contribution in [0.1, 0.15) is 41.6 Å². The van der Waals surface area contributed by atoms with E-state index >= 15 is 0 Å². The summed E-state index contributed by atoms with van der Waals surface area (Å²) in [6.07, 6.45) is -0.552. The summed E-state index contributed by atoms with van der Waals surface area (Å²) in [5.74, 6) is -0.498. The molecule has 1 aromatic rings. The number of alkyl halides is 3. The third-order valence-corrected chi connectivity index (χ3v) is 5.24. The van der Waals surface area contributed by atoms with Gasteiger partial charge in [0.05, 0.1) is 11.1 Å². The largest absolute Gasteiger partial charge is 0.417 e. The molecule has 0 saturated carbocycles. The van der Waals surface area contributed by atoms with Crippen molar-refractivity contribution >= 4 is 5.91 Å². The Bertz CT molecular complexity index is 569. The average Bonchev–Trinajstić information content (AvgIpc) is 2.55. The third-order valence-electron chi connectivity index (χ3n) is 5.24. The lowest BCUT2D eigenvalue weighted by Gasteiger charge is -2.44. The van der Waals surface area contributed by atoms with Gasteiger partial charge in [-0.15, -0.1) is 0 Å². The van der Waals surface area contributed by atoms with Gasteiger partial charge in [0.25, 0.3) is 5.91 Å². The molecule has 126 valence electrons. The van der Waals surface area contributed by atoms with E-state index < -0.39 is 17.6 Å². The van der Waals surface area contributed by atoms with Gasteiger partial charge in [-0.05, 0) is 56.3 Å². The summed E-state index contributed by atoms with van der Waals surface area (Å²) in [4.78, 5) is 14.1. The molecule has 2 fully saturated rings. The highest BCUT2D eigenvalue weighted by Crippen LogP contribution is 2.40. The van der Waals surface area contributed by atoms with Gasteiger partial charge in [0.2, 0.25) is 0 Å². The highest BCUT2D eigenvalue weighted by molar-refractivity contribution is 5.96. The van der Waals surface area contributed by atoms with E-state index in [2.05, 4.69) is 5.32 Å². The number of nitrogens with one attached hydrogen (secondary N) is 1. The third kappa shape index (κ3) is 3.37. The molecule has 0 aliphatic carbocycles. The summed E-state index contributed by atoms with van der Waals surface area (Å²) in [5.41, 5.74) is -0.806. The van der Waals surface area contributed by atoms with Crippen LogP contribution in [0.25, 0.3) is 0 Å². The van der Waals surface area contributed by atoms with Crippen LogP contribution in [-0.4, -0.2) is 37.0 Å². The number of piperidine rings is 2. The fourth-order valence-electron chi connectivity index (χ4n) is 3.73. The monoisotopic (exact) mass is 326 g/mol. The maximum atomic E-state index is 13.1. The van der Waals surface area contributed by atoms with Crippen molar-refractivity contribution in [2.24, 2.45) is 5.41 Å². The van der Waals surface area contributed by atoms with E-state index in [1.807, 2.05) is 0 Å². The Hall–Kier alpha value is -1.56. The Morgan fingerprint density at radius 3 is 2.26 bits per heavy atom. The van der Waals surface area contributed by atoms with Crippen LogP contribution in [0.5, 0.6) is 0 Å². The molecule has 3 rings (SSSR count). The second kappa shape index (κ2) is 6.15. The number of rotatable bonds is 1. The van der Waals surface area contributed by atoms with Crippen LogP contribution < -0.4 is 5.32 Å². The standard InChI is InChI=1S/C17H21F3N2O/c18-17(19,20)14-4-2-1-3-13(14)15(23)22-11-7-16(8-12-22)5-9-21-10-6-16/h1-4,21H,5-12H2. The summed E-state index contributed by atoms with van der Waals surface area (Å²) < 4.78 is 39.3. The maximum absolute atomic E-state index is 13.1. The predicted molar refractivity (Wildman–Crippen MR) is 81.1 cm³/mol. The van der Waals surface area contributed by atoms with Crippen LogP contribution in [0.3, 0.4) is 0 Å². The quantitative estimate of drug-likeness (QED) is 0.859. The molecule has 2 heterocycles. The van der Waals surface area contributed by atoms with E-state index in [1.165, 1.54) is 18.2 Å². The van der Waals surface area contributed by atoms with E-state index in [0.29, 0.717) is 13.1 Å². The number of hydrogen-bond donors (Lipinski definition) is 1. The van der Waals surface area contributed by atoms with Crippen LogP contribution in [0, 0.1) is 5.41 Å². The second-order valence-corrected chi connectivity index (χ2v) is 6.59. The number of amides is 1. The lowest BCUT2D eigenvalue weighted by Crippen LogP contribution is -2.47. The summed E-state index contributed by atoms with van der Waals surface area (Å²) >= 11 is 0. The topological polar surface area (TPSA) is 32.3 Å². The molecule has 2 saturated heterocycles. The zero-order valence-electron chi connectivity index (χ0n) is 13.0. The molecule has 1 amide bonds. The van der Waals surface area contributed by atoms with Crippen molar-refractivity contribution in [2.45, 2.75) is 31.9 Å². The van der Waals surface area contributed by atoms with E-state index in [0.717, 1.165) is 44.8 Å².